The van der Waals surface area contributed by atoms with Crippen molar-refractivity contribution in [2.45, 2.75) is 16.3 Å². The molecule has 2 heterocycles. The third-order valence-corrected chi connectivity index (χ3v) is 7.85. The summed E-state index contributed by atoms with van der Waals surface area (Å²) in [6, 6.07) is 4.27. The first-order chi connectivity index (χ1) is 13.3. The lowest BCUT2D eigenvalue weighted by Crippen LogP contribution is -2.70. The number of nitrogens with zero attached hydrogens (tertiary/aromatic N) is 1. The SMILES string of the molecule is CSCC1=C(C(=O)O)N2C(=O)C(NC(=O)CSc3cc(Cl)ccc3Cl)[C@H]2SC1. The third kappa shape index (κ3) is 4.43. The first-order valence-corrected chi connectivity index (χ1v) is 12.3. The maximum atomic E-state index is 12.5. The van der Waals surface area contributed by atoms with Gasteiger partial charge in [-0.1, -0.05) is 23.2 Å². The number of amides is 2. The molecule has 2 N–H and O–H groups in total. The largest absolute Gasteiger partial charge is 0.477 e. The number of rotatable bonds is 7. The maximum absolute atomic E-state index is 12.5. The number of β-lactam (4-membered cyclic amide) rings is 1. The Bertz CT molecular complexity index is 865. The fraction of sp³-hybridized carbons (Fsp3) is 0.353. The van der Waals surface area contributed by atoms with Crippen molar-refractivity contribution in [3.63, 3.8) is 0 Å². The molecular formula is C17H16Cl2N2O4S3. The minimum Gasteiger partial charge on any atom is -0.477 e. The molecule has 2 atom stereocenters. The molecule has 1 unspecified atom stereocenters. The molecule has 11 heteroatoms. The van der Waals surface area contributed by atoms with Gasteiger partial charge in [0.05, 0.1) is 10.8 Å². The van der Waals surface area contributed by atoms with Crippen molar-refractivity contribution in [1.82, 2.24) is 10.2 Å². The molecule has 1 aromatic rings. The quantitative estimate of drug-likeness (QED) is 0.459. The van der Waals surface area contributed by atoms with E-state index < -0.39 is 23.3 Å². The van der Waals surface area contributed by atoms with Gasteiger partial charge in [-0.05, 0) is 30.0 Å². The highest BCUT2D eigenvalue weighted by Crippen LogP contribution is 2.41. The topological polar surface area (TPSA) is 86.7 Å². The van der Waals surface area contributed by atoms with Gasteiger partial charge in [0.15, 0.2) is 0 Å². The molecule has 1 fully saturated rings. The summed E-state index contributed by atoms with van der Waals surface area (Å²) in [5.41, 5.74) is 0.777. The summed E-state index contributed by atoms with van der Waals surface area (Å²) in [5.74, 6) is -0.683. The standard InChI is InChI=1S/C17H16Cl2N2O4S3/c1-26-5-8-6-28-16-13(15(23)21(16)14(8)17(24)25)20-12(22)7-27-11-4-9(18)2-3-10(11)19/h2-4,13,16H,5-7H2,1H3,(H,20,22)(H,24,25)/t13?,16-/m1/s1. The monoisotopic (exact) mass is 478 g/mol. The minimum absolute atomic E-state index is 0.0497. The molecule has 3 rings (SSSR count). The molecule has 1 saturated heterocycles. The zero-order valence-corrected chi connectivity index (χ0v) is 18.6. The molecule has 0 spiro atoms. The summed E-state index contributed by atoms with van der Waals surface area (Å²) in [7, 11) is 0. The number of hydrogen-bond donors (Lipinski definition) is 2. The number of carboxylic acids is 1. The molecule has 28 heavy (non-hydrogen) atoms. The molecule has 2 aliphatic rings. The van der Waals surface area contributed by atoms with Gasteiger partial charge in [0, 0.05) is 21.4 Å². The van der Waals surface area contributed by atoms with E-state index in [2.05, 4.69) is 5.32 Å². The lowest BCUT2D eigenvalue weighted by atomic mass is 10.0. The molecule has 0 saturated carbocycles. The highest BCUT2D eigenvalue weighted by Gasteiger charge is 2.54. The van der Waals surface area contributed by atoms with Crippen LogP contribution in [-0.4, -0.2) is 62.7 Å². The van der Waals surface area contributed by atoms with E-state index in [-0.39, 0.29) is 17.4 Å². The molecule has 0 radical (unpaired) electrons. The van der Waals surface area contributed by atoms with Crippen LogP contribution in [0.5, 0.6) is 0 Å². The van der Waals surface area contributed by atoms with Gasteiger partial charge in [-0.2, -0.15) is 11.8 Å². The Hall–Kier alpha value is -1.000. The molecule has 0 aliphatic carbocycles. The average Bonchev–Trinajstić information content (AvgIpc) is 2.66. The van der Waals surface area contributed by atoms with E-state index in [9.17, 15) is 19.5 Å². The van der Waals surface area contributed by atoms with Gasteiger partial charge < -0.3 is 10.4 Å². The van der Waals surface area contributed by atoms with E-state index in [1.807, 2.05) is 6.26 Å². The van der Waals surface area contributed by atoms with Gasteiger partial charge in [-0.15, -0.1) is 23.5 Å². The van der Waals surface area contributed by atoms with Crippen LogP contribution in [0.2, 0.25) is 10.0 Å². The number of benzene rings is 1. The normalized spacial score (nSPS) is 21.2. The van der Waals surface area contributed by atoms with Gasteiger partial charge in [-0.25, -0.2) is 4.79 Å². The fourth-order valence-electron chi connectivity index (χ4n) is 2.91. The van der Waals surface area contributed by atoms with Gasteiger partial charge in [-0.3, -0.25) is 14.5 Å². The first-order valence-electron chi connectivity index (χ1n) is 8.09. The summed E-state index contributed by atoms with van der Waals surface area (Å²) in [5, 5.41) is 12.8. The Kier molecular flexibility index (Phi) is 7.14. The Morgan fingerprint density at radius 2 is 2.14 bits per heavy atom. The van der Waals surface area contributed by atoms with Crippen LogP contribution in [0.3, 0.4) is 0 Å². The van der Waals surface area contributed by atoms with E-state index >= 15 is 0 Å². The summed E-state index contributed by atoms with van der Waals surface area (Å²) < 4.78 is 0. The molecule has 1 aromatic carbocycles. The predicted octanol–water partition coefficient (Wildman–Crippen LogP) is 3.19. The van der Waals surface area contributed by atoms with Crippen molar-refractivity contribution in [1.29, 1.82) is 0 Å². The van der Waals surface area contributed by atoms with Crippen LogP contribution in [0, 0.1) is 0 Å². The zero-order valence-electron chi connectivity index (χ0n) is 14.6. The van der Waals surface area contributed by atoms with E-state index in [0.29, 0.717) is 26.4 Å². The number of hydrogen-bond acceptors (Lipinski definition) is 6. The van der Waals surface area contributed by atoms with Gasteiger partial charge in [0.2, 0.25) is 5.91 Å². The predicted molar refractivity (Wildman–Crippen MR) is 115 cm³/mol. The average molecular weight is 479 g/mol. The second-order valence-corrected chi connectivity index (χ2v) is 9.84. The van der Waals surface area contributed by atoms with Crippen molar-refractivity contribution < 1.29 is 19.5 Å². The summed E-state index contributed by atoms with van der Waals surface area (Å²) in [4.78, 5) is 38.4. The maximum Gasteiger partial charge on any atom is 0.352 e. The van der Waals surface area contributed by atoms with Crippen molar-refractivity contribution >= 4 is 76.3 Å². The number of carbonyl (C=O) groups excluding carboxylic acids is 2. The number of aliphatic carboxylic acids is 1. The number of carbonyl (C=O) groups is 3. The van der Waals surface area contributed by atoms with Crippen molar-refractivity contribution in [3.8, 4) is 0 Å². The molecule has 2 amide bonds. The molecule has 2 aliphatic heterocycles. The second-order valence-electron chi connectivity index (χ2n) is 6.01. The summed E-state index contributed by atoms with van der Waals surface area (Å²) in [6.07, 6.45) is 1.88. The Balaban J connectivity index is 1.62. The molecule has 150 valence electrons. The number of carboxylic acid groups (broad SMARTS) is 1. The molecular weight excluding hydrogens is 463 g/mol. The van der Waals surface area contributed by atoms with Crippen molar-refractivity contribution in [2.24, 2.45) is 0 Å². The van der Waals surface area contributed by atoms with Gasteiger partial charge in [0.1, 0.15) is 17.1 Å². The molecule has 0 bridgehead atoms. The van der Waals surface area contributed by atoms with Crippen LogP contribution in [0.25, 0.3) is 0 Å². The highest BCUT2D eigenvalue weighted by molar-refractivity contribution is 8.01. The first kappa shape index (κ1) is 21.7. The van der Waals surface area contributed by atoms with Crippen LogP contribution in [0.15, 0.2) is 34.4 Å². The highest BCUT2D eigenvalue weighted by atomic mass is 35.5. The lowest BCUT2D eigenvalue weighted by Gasteiger charge is -2.49. The van der Waals surface area contributed by atoms with E-state index in [1.165, 1.54) is 40.2 Å². The van der Waals surface area contributed by atoms with Gasteiger partial charge in [0.25, 0.3) is 5.91 Å². The Morgan fingerprint density at radius 3 is 2.82 bits per heavy atom. The number of nitrogens with one attached hydrogen (secondary N) is 1. The number of fused-ring (bicyclic) bond motifs is 1. The lowest BCUT2D eigenvalue weighted by molar-refractivity contribution is -0.150. The van der Waals surface area contributed by atoms with Crippen LogP contribution < -0.4 is 5.32 Å². The number of thioether (sulfide) groups is 3. The summed E-state index contributed by atoms with van der Waals surface area (Å²) >= 11 is 16.2. The second kappa shape index (κ2) is 9.21. The number of halogens is 2. The van der Waals surface area contributed by atoms with Crippen LogP contribution in [0.4, 0.5) is 0 Å². The van der Waals surface area contributed by atoms with Crippen LogP contribution in [0.1, 0.15) is 0 Å². The Morgan fingerprint density at radius 1 is 1.39 bits per heavy atom. The fourth-order valence-corrected chi connectivity index (χ4v) is 6.28. The summed E-state index contributed by atoms with van der Waals surface area (Å²) in [6.45, 7) is 0. The van der Waals surface area contributed by atoms with Crippen LogP contribution >= 0.6 is 58.5 Å². The molecule has 6 nitrogen and oxygen atoms in total. The third-order valence-electron chi connectivity index (χ3n) is 4.14. The smallest absolute Gasteiger partial charge is 0.352 e. The molecule has 0 aromatic heterocycles. The van der Waals surface area contributed by atoms with Gasteiger partial charge >= 0.3 is 5.97 Å². The zero-order chi connectivity index (χ0) is 20.4. The van der Waals surface area contributed by atoms with Crippen molar-refractivity contribution in [3.05, 3.63) is 39.5 Å². The van der Waals surface area contributed by atoms with Crippen LogP contribution in [-0.2, 0) is 14.4 Å². The van der Waals surface area contributed by atoms with Crippen molar-refractivity contribution in [2.75, 3.05) is 23.5 Å². The van der Waals surface area contributed by atoms with E-state index in [0.717, 1.165) is 5.57 Å². The van der Waals surface area contributed by atoms with E-state index in [1.54, 1.807) is 18.2 Å². The Labute approximate surface area is 184 Å². The minimum atomic E-state index is -1.11. The van der Waals surface area contributed by atoms with E-state index in [4.69, 9.17) is 23.2 Å².